The van der Waals surface area contributed by atoms with Gasteiger partial charge in [0.15, 0.2) is 6.61 Å². The monoisotopic (exact) mass is 526 g/mol. The maximum atomic E-state index is 13.7. The summed E-state index contributed by atoms with van der Waals surface area (Å²) in [6.45, 7) is 7.74. The zero-order chi connectivity index (χ0) is 26.3. The largest absolute Gasteiger partial charge is 0.482 e. The SMILES string of the molecule is Cc1ccccc1CN(C(=O)COc1ccc(Cl)cc1Cl)[C@H](Cc1ccccc1)C(=O)NC(C)(C)C. The second kappa shape index (κ2) is 12.3. The van der Waals surface area contributed by atoms with E-state index in [-0.39, 0.29) is 25.0 Å². The molecule has 0 unspecified atom stereocenters. The molecule has 0 heterocycles. The van der Waals surface area contributed by atoms with Gasteiger partial charge in [-0.2, -0.15) is 0 Å². The van der Waals surface area contributed by atoms with Crippen LogP contribution < -0.4 is 10.1 Å². The van der Waals surface area contributed by atoms with Gasteiger partial charge >= 0.3 is 0 Å². The van der Waals surface area contributed by atoms with Crippen molar-refractivity contribution in [3.05, 3.63) is 99.5 Å². The number of hydrogen-bond donors (Lipinski definition) is 1. The van der Waals surface area contributed by atoms with Crippen molar-refractivity contribution in [1.29, 1.82) is 0 Å². The highest BCUT2D eigenvalue weighted by molar-refractivity contribution is 6.35. The Kier molecular flexibility index (Phi) is 9.41. The van der Waals surface area contributed by atoms with Crippen molar-refractivity contribution in [1.82, 2.24) is 10.2 Å². The molecule has 7 heteroatoms. The third kappa shape index (κ3) is 8.00. The molecule has 0 bridgehead atoms. The lowest BCUT2D eigenvalue weighted by atomic mass is 10.00. The number of hydrogen-bond acceptors (Lipinski definition) is 3. The van der Waals surface area contributed by atoms with Crippen molar-refractivity contribution in [3.63, 3.8) is 0 Å². The number of nitrogens with one attached hydrogen (secondary N) is 1. The Morgan fingerprint density at radius 3 is 2.28 bits per heavy atom. The predicted molar refractivity (Wildman–Crippen MR) is 146 cm³/mol. The topological polar surface area (TPSA) is 58.6 Å². The minimum Gasteiger partial charge on any atom is -0.482 e. The Balaban J connectivity index is 1.95. The van der Waals surface area contributed by atoms with E-state index in [1.54, 1.807) is 23.1 Å². The zero-order valence-corrected chi connectivity index (χ0v) is 22.6. The molecule has 3 aromatic rings. The van der Waals surface area contributed by atoms with Crippen molar-refractivity contribution in [2.24, 2.45) is 0 Å². The first-order chi connectivity index (χ1) is 17.0. The number of benzene rings is 3. The van der Waals surface area contributed by atoms with Crippen LogP contribution in [-0.4, -0.2) is 34.9 Å². The second-order valence-corrected chi connectivity index (χ2v) is 10.6. The summed E-state index contributed by atoms with van der Waals surface area (Å²) in [5.74, 6) is -0.198. The molecule has 190 valence electrons. The van der Waals surface area contributed by atoms with Crippen LogP contribution in [0.4, 0.5) is 0 Å². The number of carbonyl (C=O) groups is 2. The molecule has 1 N–H and O–H groups in total. The molecular formula is C29H32Cl2N2O3. The Hall–Kier alpha value is -3.02. The summed E-state index contributed by atoms with van der Waals surface area (Å²) < 4.78 is 5.77. The molecule has 0 saturated heterocycles. The molecule has 0 radical (unpaired) electrons. The van der Waals surface area contributed by atoms with Gasteiger partial charge in [-0.15, -0.1) is 0 Å². The van der Waals surface area contributed by atoms with Gasteiger partial charge in [-0.05, 0) is 62.6 Å². The molecule has 2 amide bonds. The van der Waals surface area contributed by atoms with Gasteiger partial charge < -0.3 is 15.0 Å². The van der Waals surface area contributed by atoms with Crippen LogP contribution in [0.2, 0.25) is 10.0 Å². The highest BCUT2D eigenvalue weighted by atomic mass is 35.5. The summed E-state index contributed by atoms with van der Waals surface area (Å²) in [4.78, 5) is 28.8. The summed E-state index contributed by atoms with van der Waals surface area (Å²) >= 11 is 12.2. The van der Waals surface area contributed by atoms with E-state index in [0.29, 0.717) is 22.2 Å². The summed E-state index contributed by atoms with van der Waals surface area (Å²) in [6, 6.07) is 21.6. The first-order valence-corrected chi connectivity index (χ1v) is 12.6. The zero-order valence-electron chi connectivity index (χ0n) is 21.1. The van der Waals surface area contributed by atoms with Crippen LogP contribution in [0.15, 0.2) is 72.8 Å². The minimum absolute atomic E-state index is 0.224. The molecule has 0 aromatic heterocycles. The number of nitrogens with zero attached hydrogens (tertiary/aromatic N) is 1. The molecule has 36 heavy (non-hydrogen) atoms. The molecule has 0 spiro atoms. The number of amides is 2. The molecule has 1 atom stereocenters. The van der Waals surface area contributed by atoms with Gasteiger partial charge in [0.2, 0.25) is 5.91 Å². The van der Waals surface area contributed by atoms with Crippen LogP contribution in [0.5, 0.6) is 5.75 Å². The lowest BCUT2D eigenvalue weighted by molar-refractivity contribution is -0.143. The number of rotatable bonds is 9. The average Bonchev–Trinajstić information content (AvgIpc) is 2.81. The average molecular weight is 527 g/mol. The van der Waals surface area contributed by atoms with E-state index >= 15 is 0 Å². The van der Waals surface area contributed by atoms with E-state index in [1.807, 2.05) is 82.3 Å². The Bertz CT molecular complexity index is 1190. The fraction of sp³-hybridized carbons (Fsp3) is 0.310. The quantitative estimate of drug-likeness (QED) is 0.359. The Morgan fingerprint density at radius 2 is 1.64 bits per heavy atom. The molecule has 5 nitrogen and oxygen atoms in total. The first kappa shape index (κ1) is 27.6. The van der Waals surface area contributed by atoms with Crippen LogP contribution >= 0.6 is 23.2 Å². The molecule has 0 saturated carbocycles. The van der Waals surface area contributed by atoms with Crippen LogP contribution in [0.3, 0.4) is 0 Å². The van der Waals surface area contributed by atoms with Gasteiger partial charge in [-0.25, -0.2) is 0 Å². The summed E-state index contributed by atoms with van der Waals surface area (Å²) in [6.07, 6.45) is 0.363. The van der Waals surface area contributed by atoms with Gasteiger partial charge in [0.05, 0.1) is 5.02 Å². The fourth-order valence-corrected chi connectivity index (χ4v) is 4.26. The van der Waals surface area contributed by atoms with Gasteiger partial charge in [-0.3, -0.25) is 9.59 Å². The van der Waals surface area contributed by atoms with Gasteiger partial charge in [0.1, 0.15) is 11.8 Å². The highest BCUT2D eigenvalue weighted by Gasteiger charge is 2.32. The van der Waals surface area contributed by atoms with E-state index in [0.717, 1.165) is 16.7 Å². The van der Waals surface area contributed by atoms with E-state index in [4.69, 9.17) is 27.9 Å². The molecule has 3 aromatic carbocycles. The van der Waals surface area contributed by atoms with Crippen LogP contribution in [0.25, 0.3) is 0 Å². The lowest BCUT2D eigenvalue weighted by Crippen LogP contribution is -2.55. The van der Waals surface area contributed by atoms with Crippen molar-refractivity contribution < 1.29 is 14.3 Å². The molecule has 3 rings (SSSR count). The van der Waals surface area contributed by atoms with Crippen molar-refractivity contribution in [3.8, 4) is 5.75 Å². The molecule has 0 aliphatic carbocycles. The summed E-state index contributed by atoms with van der Waals surface area (Å²) in [5, 5.41) is 3.84. The van der Waals surface area contributed by atoms with Crippen molar-refractivity contribution in [2.75, 3.05) is 6.61 Å². The third-order valence-corrected chi connectivity index (χ3v) is 6.15. The number of halogens is 2. The number of ether oxygens (including phenoxy) is 1. The molecular weight excluding hydrogens is 495 g/mol. The maximum absolute atomic E-state index is 13.7. The standard InChI is InChI=1S/C29H32Cl2N2O3/c1-20-10-8-9-13-22(20)18-33(27(34)19-36-26-15-14-23(30)17-24(26)31)25(28(35)32-29(2,3)4)16-21-11-6-5-7-12-21/h5-15,17,25H,16,18-19H2,1-4H3,(H,32,35)/t25-/m1/s1. The smallest absolute Gasteiger partial charge is 0.261 e. The van der Waals surface area contributed by atoms with Crippen molar-refractivity contribution >= 4 is 35.0 Å². The molecule has 0 fully saturated rings. The van der Waals surface area contributed by atoms with E-state index in [9.17, 15) is 9.59 Å². The highest BCUT2D eigenvalue weighted by Crippen LogP contribution is 2.28. The predicted octanol–water partition coefficient (Wildman–Crippen LogP) is 6.24. The van der Waals surface area contributed by atoms with Crippen LogP contribution in [0, 0.1) is 6.92 Å². The second-order valence-electron chi connectivity index (χ2n) is 9.76. The molecule has 0 aliphatic rings. The van der Waals surface area contributed by atoms with Crippen molar-refractivity contribution in [2.45, 2.75) is 52.2 Å². The lowest BCUT2D eigenvalue weighted by Gasteiger charge is -2.34. The van der Waals surface area contributed by atoms with E-state index in [1.165, 1.54) is 0 Å². The van der Waals surface area contributed by atoms with Gasteiger partial charge in [0, 0.05) is 23.5 Å². The maximum Gasteiger partial charge on any atom is 0.261 e. The van der Waals surface area contributed by atoms with Gasteiger partial charge in [0.25, 0.3) is 5.91 Å². The minimum atomic E-state index is -0.747. The van der Waals surface area contributed by atoms with Gasteiger partial charge in [-0.1, -0.05) is 77.8 Å². The first-order valence-electron chi connectivity index (χ1n) is 11.8. The number of aryl methyl sites for hydroxylation is 1. The Morgan fingerprint density at radius 1 is 0.972 bits per heavy atom. The van der Waals surface area contributed by atoms with E-state index < -0.39 is 11.6 Å². The Labute approximate surface area is 223 Å². The third-order valence-electron chi connectivity index (χ3n) is 5.62. The summed E-state index contributed by atoms with van der Waals surface area (Å²) in [7, 11) is 0. The normalized spacial score (nSPS) is 12.1. The number of carbonyl (C=O) groups excluding carboxylic acids is 2. The molecule has 0 aliphatic heterocycles. The van der Waals surface area contributed by atoms with Crippen LogP contribution in [0.1, 0.15) is 37.5 Å². The van der Waals surface area contributed by atoms with Crippen LogP contribution in [-0.2, 0) is 22.6 Å². The fourth-order valence-electron chi connectivity index (χ4n) is 3.79. The summed E-state index contributed by atoms with van der Waals surface area (Å²) in [5.41, 5.74) is 2.48. The van der Waals surface area contributed by atoms with E-state index in [2.05, 4.69) is 5.32 Å².